The van der Waals surface area contributed by atoms with Crippen molar-refractivity contribution in [3.63, 3.8) is 0 Å². The van der Waals surface area contributed by atoms with E-state index >= 15 is 0 Å². The average Bonchev–Trinajstić information content (AvgIpc) is 2.49. The maximum absolute atomic E-state index is 13.1. The zero-order chi connectivity index (χ0) is 14.7. The highest BCUT2D eigenvalue weighted by molar-refractivity contribution is 8.13. The van der Waals surface area contributed by atoms with E-state index in [4.69, 9.17) is 4.99 Å². The van der Waals surface area contributed by atoms with Crippen LogP contribution in [-0.4, -0.2) is 23.5 Å². The lowest BCUT2D eigenvalue weighted by Gasteiger charge is -2.36. The number of thioether (sulfide) groups is 1. The predicted molar refractivity (Wildman–Crippen MR) is 88.5 cm³/mol. The van der Waals surface area contributed by atoms with E-state index in [1.807, 2.05) is 24.8 Å². The van der Waals surface area contributed by atoms with E-state index in [2.05, 4.69) is 5.32 Å². The Morgan fingerprint density at radius 1 is 1.33 bits per heavy atom. The maximum atomic E-state index is 13.1. The summed E-state index contributed by atoms with van der Waals surface area (Å²) in [5.74, 6) is 1.89. The van der Waals surface area contributed by atoms with E-state index in [9.17, 15) is 4.39 Å². The van der Waals surface area contributed by atoms with Gasteiger partial charge in [0, 0.05) is 18.3 Å². The number of halogens is 1. The molecule has 114 valence electrons. The van der Waals surface area contributed by atoms with Gasteiger partial charge in [0.05, 0.1) is 0 Å². The van der Waals surface area contributed by atoms with E-state index in [0.717, 1.165) is 29.6 Å². The van der Waals surface area contributed by atoms with Crippen LogP contribution in [0.25, 0.3) is 0 Å². The number of amidine groups is 1. The largest absolute Gasteiger partial charge is 0.362 e. The molecule has 1 heterocycles. The highest BCUT2D eigenvalue weighted by atomic mass is 32.2. The molecule has 1 N–H and O–H groups in total. The first-order chi connectivity index (χ1) is 10.2. The summed E-state index contributed by atoms with van der Waals surface area (Å²) >= 11 is 1.87. The SMILES string of the molecule is Cc1cc(F)ccc1CCN=C1NC2CCCCC2CS1. The van der Waals surface area contributed by atoms with Crippen LogP contribution in [0.3, 0.4) is 0 Å². The summed E-state index contributed by atoms with van der Waals surface area (Å²) in [7, 11) is 0. The molecular formula is C17H23FN2S. The number of fused-ring (bicyclic) bond motifs is 1. The number of nitrogens with one attached hydrogen (secondary N) is 1. The average molecular weight is 306 g/mol. The summed E-state index contributed by atoms with van der Waals surface area (Å²) in [6.07, 6.45) is 6.28. The van der Waals surface area contributed by atoms with Crippen LogP contribution in [0.5, 0.6) is 0 Å². The molecule has 1 saturated heterocycles. The Labute approximate surface area is 130 Å². The number of nitrogens with zero attached hydrogens (tertiary/aromatic N) is 1. The van der Waals surface area contributed by atoms with Gasteiger partial charge in [0.1, 0.15) is 5.82 Å². The van der Waals surface area contributed by atoms with Crippen molar-refractivity contribution in [3.05, 3.63) is 35.1 Å². The Balaban J connectivity index is 1.54. The van der Waals surface area contributed by atoms with E-state index < -0.39 is 0 Å². The molecule has 0 spiro atoms. The Bertz CT molecular complexity index is 530. The van der Waals surface area contributed by atoms with Crippen LogP contribution in [-0.2, 0) is 6.42 Å². The first-order valence-corrected chi connectivity index (χ1v) is 8.90. The van der Waals surface area contributed by atoms with Gasteiger partial charge in [0.25, 0.3) is 0 Å². The van der Waals surface area contributed by atoms with Crippen LogP contribution in [0.2, 0.25) is 0 Å². The Morgan fingerprint density at radius 2 is 2.19 bits per heavy atom. The van der Waals surface area contributed by atoms with Gasteiger partial charge < -0.3 is 5.32 Å². The van der Waals surface area contributed by atoms with Crippen LogP contribution in [0.1, 0.15) is 36.8 Å². The number of rotatable bonds is 3. The van der Waals surface area contributed by atoms with Crippen LogP contribution in [0.15, 0.2) is 23.2 Å². The fourth-order valence-electron chi connectivity index (χ4n) is 3.29. The van der Waals surface area contributed by atoms with Crippen LogP contribution in [0.4, 0.5) is 4.39 Å². The summed E-state index contributed by atoms with van der Waals surface area (Å²) in [4.78, 5) is 4.71. The lowest BCUT2D eigenvalue weighted by molar-refractivity contribution is 0.311. The highest BCUT2D eigenvalue weighted by Crippen LogP contribution is 2.31. The second-order valence-corrected chi connectivity index (χ2v) is 7.12. The lowest BCUT2D eigenvalue weighted by Crippen LogP contribution is -2.46. The normalized spacial score (nSPS) is 27.2. The van der Waals surface area contributed by atoms with Gasteiger partial charge in [-0.25, -0.2) is 4.39 Å². The molecule has 0 radical (unpaired) electrons. The fourth-order valence-corrected chi connectivity index (χ4v) is 4.48. The zero-order valence-electron chi connectivity index (χ0n) is 12.6. The van der Waals surface area contributed by atoms with Gasteiger partial charge >= 0.3 is 0 Å². The lowest BCUT2D eigenvalue weighted by atomic mass is 9.86. The standard InChI is InChI=1S/C17H23FN2S/c1-12-10-15(18)7-6-13(12)8-9-19-17-20-16-5-3-2-4-14(16)11-21-17/h6-7,10,14,16H,2-5,8-9,11H2,1H3,(H,19,20). The van der Waals surface area contributed by atoms with Crippen molar-refractivity contribution >= 4 is 16.9 Å². The molecule has 1 aliphatic heterocycles. The number of aliphatic imine (C=N–C) groups is 1. The van der Waals surface area contributed by atoms with E-state index in [1.165, 1.54) is 43.1 Å². The molecule has 0 amide bonds. The molecule has 1 saturated carbocycles. The van der Waals surface area contributed by atoms with Gasteiger partial charge in [0.2, 0.25) is 0 Å². The molecule has 2 aliphatic rings. The molecule has 4 heteroatoms. The minimum atomic E-state index is -0.157. The van der Waals surface area contributed by atoms with Crippen molar-refractivity contribution in [3.8, 4) is 0 Å². The summed E-state index contributed by atoms with van der Waals surface area (Å²) in [5.41, 5.74) is 2.21. The molecule has 21 heavy (non-hydrogen) atoms. The van der Waals surface area contributed by atoms with Gasteiger partial charge in [-0.2, -0.15) is 0 Å². The third kappa shape index (κ3) is 3.79. The molecule has 1 aliphatic carbocycles. The first-order valence-electron chi connectivity index (χ1n) is 7.91. The second-order valence-electron chi connectivity index (χ2n) is 6.11. The molecule has 1 aromatic carbocycles. The summed E-state index contributed by atoms with van der Waals surface area (Å²) in [5, 5.41) is 4.73. The highest BCUT2D eigenvalue weighted by Gasteiger charge is 2.29. The molecule has 3 rings (SSSR count). The maximum Gasteiger partial charge on any atom is 0.156 e. The molecule has 2 nitrogen and oxygen atoms in total. The van der Waals surface area contributed by atoms with Gasteiger partial charge in [-0.05, 0) is 55.4 Å². The van der Waals surface area contributed by atoms with E-state index in [1.54, 1.807) is 6.07 Å². The molecule has 2 atom stereocenters. The third-order valence-electron chi connectivity index (χ3n) is 4.59. The number of hydrogen-bond acceptors (Lipinski definition) is 2. The topological polar surface area (TPSA) is 24.4 Å². The smallest absolute Gasteiger partial charge is 0.156 e. The Hall–Kier alpha value is -1.03. The predicted octanol–water partition coefficient (Wildman–Crippen LogP) is 3.93. The molecule has 2 unspecified atom stereocenters. The first kappa shape index (κ1) is 14.9. The molecular weight excluding hydrogens is 283 g/mol. The van der Waals surface area contributed by atoms with Crippen molar-refractivity contribution in [2.24, 2.45) is 10.9 Å². The summed E-state index contributed by atoms with van der Waals surface area (Å²) < 4.78 is 13.1. The summed E-state index contributed by atoms with van der Waals surface area (Å²) in [6, 6.07) is 5.66. The second kappa shape index (κ2) is 6.82. The number of hydrogen-bond donors (Lipinski definition) is 1. The number of benzene rings is 1. The fraction of sp³-hybridized carbons (Fsp3) is 0.588. The van der Waals surface area contributed by atoms with Crippen LogP contribution >= 0.6 is 11.8 Å². The van der Waals surface area contributed by atoms with Crippen molar-refractivity contribution < 1.29 is 4.39 Å². The molecule has 0 aromatic heterocycles. The van der Waals surface area contributed by atoms with Crippen molar-refractivity contribution in [2.45, 2.75) is 45.1 Å². The van der Waals surface area contributed by atoms with Gasteiger partial charge in [-0.3, -0.25) is 4.99 Å². The van der Waals surface area contributed by atoms with Gasteiger partial charge in [0.15, 0.2) is 5.17 Å². The Morgan fingerprint density at radius 3 is 3.05 bits per heavy atom. The van der Waals surface area contributed by atoms with Crippen molar-refractivity contribution in [2.75, 3.05) is 12.3 Å². The van der Waals surface area contributed by atoms with Crippen molar-refractivity contribution in [1.29, 1.82) is 0 Å². The zero-order valence-corrected chi connectivity index (χ0v) is 13.4. The minimum absolute atomic E-state index is 0.157. The minimum Gasteiger partial charge on any atom is -0.362 e. The molecule has 0 bridgehead atoms. The molecule has 2 fully saturated rings. The van der Waals surface area contributed by atoms with Gasteiger partial charge in [-0.1, -0.05) is 30.7 Å². The third-order valence-corrected chi connectivity index (χ3v) is 5.71. The van der Waals surface area contributed by atoms with Gasteiger partial charge in [-0.15, -0.1) is 0 Å². The van der Waals surface area contributed by atoms with Crippen LogP contribution in [0, 0.1) is 18.7 Å². The van der Waals surface area contributed by atoms with Crippen LogP contribution < -0.4 is 5.32 Å². The van der Waals surface area contributed by atoms with Crippen molar-refractivity contribution in [1.82, 2.24) is 5.32 Å². The van der Waals surface area contributed by atoms with E-state index in [0.29, 0.717) is 6.04 Å². The summed E-state index contributed by atoms with van der Waals surface area (Å²) in [6.45, 7) is 2.74. The molecule has 1 aromatic rings. The quantitative estimate of drug-likeness (QED) is 0.915. The number of aryl methyl sites for hydroxylation is 1. The van der Waals surface area contributed by atoms with E-state index in [-0.39, 0.29) is 5.82 Å². The Kier molecular flexibility index (Phi) is 4.84. The monoisotopic (exact) mass is 306 g/mol.